The smallest absolute Gasteiger partial charge is 0.410 e. The number of nitrogens with zero attached hydrogens (tertiary/aromatic N) is 3. The summed E-state index contributed by atoms with van der Waals surface area (Å²) in [6.07, 6.45) is 2.02. The maximum atomic E-state index is 13.2. The number of carbonyl (C=O) groups excluding carboxylic acids is 2. The van der Waals surface area contributed by atoms with Gasteiger partial charge in [-0.25, -0.2) is 14.2 Å². The Morgan fingerprint density at radius 3 is 2.36 bits per heavy atom. The standard InChI is InChI=1S/C18H22FN3O3/c1-17(2,3)25-16(24)21-10-8-18(9-11-21)15(23)20-12-22(18)14-6-4-13(19)5-7-14/h4-7,12H,8-11H2,1-3H3. The second-order valence-electron chi connectivity index (χ2n) is 7.40. The SMILES string of the molecule is CC(C)(C)OC(=O)N1CCC2(CC1)C(=O)N=CN2c1ccc(F)cc1. The predicted octanol–water partition coefficient (Wildman–Crippen LogP) is 2.97. The molecule has 1 spiro atoms. The highest BCUT2D eigenvalue weighted by atomic mass is 19.1. The zero-order valence-corrected chi connectivity index (χ0v) is 14.7. The second-order valence-corrected chi connectivity index (χ2v) is 7.40. The molecule has 0 N–H and O–H groups in total. The van der Waals surface area contributed by atoms with E-state index in [1.807, 2.05) is 20.8 Å². The lowest BCUT2D eigenvalue weighted by molar-refractivity contribution is -0.123. The number of hydrogen-bond donors (Lipinski definition) is 0. The van der Waals surface area contributed by atoms with Gasteiger partial charge in [-0.1, -0.05) is 0 Å². The van der Waals surface area contributed by atoms with Crippen molar-refractivity contribution >= 4 is 24.0 Å². The van der Waals surface area contributed by atoms with E-state index in [1.54, 1.807) is 21.9 Å². The van der Waals surface area contributed by atoms with Gasteiger partial charge in [0.25, 0.3) is 5.91 Å². The normalized spacial score (nSPS) is 19.6. The van der Waals surface area contributed by atoms with Gasteiger partial charge in [0.15, 0.2) is 0 Å². The first-order valence-electron chi connectivity index (χ1n) is 8.33. The Balaban J connectivity index is 1.75. The maximum absolute atomic E-state index is 13.2. The molecular formula is C18H22FN3O3. The Bertz CT molecular complexity index is 701. The van der Waals surface area contributed by atoms with Crippen molar-refractivity contribution in [2.24, 2.45) is 4.99 Å². The average Bonchev–Trinajstić information content (AvgIpc) is 2.84. The lowest BCUT2D eigenvalue weighted by atomic mass is 9.85. The van der Waals surface area contributed by atoms with Gasteiger partial charge in [0, 0.05) is 18.8 Å². The lowest BCUT2D eigenvalue weighted by Gasteiger charge is -2.43. The van der Waals surface area contributed by atoms with Gasteiger partial charge in [0.05, 0.1) is 6.34 Å². The van der Waals surface area contributed by atoms with Crippen molar-refractivity contribution in [1.29, 1.82) is 0 Å². The predicted molar refractivity (Wildman–Crippen MR) is 92.2 cm³/mol. The molecule has 1 aromatic rings. The second kappa shape index (κ2) is 6.13. The number of ether oxygens (including phenoxy) is 1. The molecule has 0 saturated carbocycles. The minimum Gasteiger partial charge on any atom is -0.444 e. The number of likely N-dealkylation sites (tertiary alicyclic amines) is 1. The third kappa shape index (κ3) is 3.36. The van der Waals surface area contributed by atoms with E-state index < -0.39 is 11.1 Å². The topological polar surface area (TPSA) is 62.2 Å². The van der Waals surface area contributed by atoms with Gasteiger partial charge in [-0.3, -0.25) is 4.79 Å². The fourth-order valence-electron chi connectivity index (χ4n) is 3.20. The van der Waals surface area contributed by atoms with Crippen LogP contribution >= 0.6 is 0 Å². The molecule has 2 aliphatic rings. The first-order valence-corrected chi connectivity index (χ1v) is 8.33. The van der Waals surface area contributed by atoms with Crippen LogP contribution in [0.2, 0.25) is 0 Å². The quantitative estimate of drug-likeness (QED) is 0.783. The van der Waals surface area contributed by atoms with Crippen LogP contribution in [0.4, 0.5) is 14.9 Å². The van der Waals surface area contributed by atoms with E-state index in [1.165, 1.54) is 18.5 Å². The Labute approximate surface area is 146 Å². The maximum Gasteiger partial charge on any atom is 0.410 e. The number of amides is 2. The van der Waals surface area contributed by atoms with E-state index in [0.717, 1.165) is 0 Å². The summed E-state index contributed by atoms with van der Waals surface area (Å²) in [5.74, 6) is -0.555. The first kappa shape index (κ1) is 17.4. The zero-order chi connectivity index (χ0) is 18.2. The van der Waals surface area contributed by atoms with E-state index >= 15 is 0 Å². The van der Waals surface area contributed by atoms with Crippen LogP contribution in [0.25, 0.3) is 0 Å². The van der Waals surface area contributed by atoms with Crippen LogP contribution in [0.1, 0.15) is 33.6 Å². The summed E-state index contributed by atoms with van der Waals surface area (Å²) in [6.45, 7) is 6.27. The van der Waals surface area contributed by atoms with Gasteiger partial charge < -0.3 is 14.5 Å². The van der Waals surface area contributed by atoms with Crippen LogP contribution < -0.4 is 4.90 Å². The molecule has 0 radical (unpaired) electrons. The van der Waals surface area contributed by atoms with E-state index in [0.29, 0.717) is 31.6 Å². The van der Waals surface area contributed by atoms with E-state index in [2.05, 4.69) is 4.99 Å². The van der Waals surface area contributed by atoms with Gasteiger partial charge in [-0.2, -0.15) is 0 Å². The van der Waals surface area contributed by atoms with Crippen molar-refractivity contribution in [2.75, 3.05) is 18.0 Å². The van der Waals surface area contributed by atoms with Gasteiger partial charge in [0.1, 0.15) is 17.0 Å². The molecule has 6 nitrogen and oxygen atoms in total. The van der Waals surface area contributed by atoms with E-state index in [9.17, 15) is 14.0 Å². The number of benzene rings is 1. The number of piperidine rings is 1. The Morgan fingerprint density at radius 2 is 1.80 bits per heavy atom. The minimum absolute atomic E-state index is 0.222. The summed E-state index contributed by atoms with van der Waals surface area (Å²) in [4.78, 5) is 32.0. The molecule has 134 valence electrons. The van der Waals surface area contributed by atoms with Crippen molar-refractivity contribution in [3.63, 3.8) is 0 Å². The Hall–Kier alpha value is -2.44. The molecule has 0 unspecified atom stereocenters. The molecular weight excluding hydrogens is 325 g/mol. The van der Waals surface area contributed by atoms with Crippen LogP contribution in [0.3, 0.4) is 0 Å². The van der Waals surface area contributed by atoms with Crippen molar-refractivity contribution in [3.05, 3.63) is 30.1 Å². The molecule has 2 heterocycles. The third-order valence-electron chi connectivity index (χ3n) is 4.50. The highest BCUT2D eigenvalue weighted by Gasteiger charge is 2.50. The van der Waals surface area contributed by atoms with Crippen LogP contribution in [0.15, 0.2) is 29.3 Å². The molecule has 0 bridgehead atoms. The largest absolute Gasteiger partial charge is 0.444 e. The molecule has 2 aliphatic heterocycles. The fourth-order valence-corrected chi connectivity index (χ4v) is 3.20. The zero-order valence-electron chi connectivity index (χ0n) is 14.7. The number of carbonyl (C=O) groups is 2. The van der Waals surface area contributed by atoms with Crippen LogP contribution in [-0.4, -0.2) is 47.5 Å². The van der Waals surface area contributed by atoms with E-state index in [4.69, 9.17) is 4.74 Å². The monoisotopic (exact) mass is 347 g/mol. The van der Waals surface area contributed by atoms with Crippen molar-refractivity contribution < 1.29 is 18.7 Å². The highest BCUT2D eigenvalue weighted by Crippen LogP contribution is 2.36. The molecule has 1 saturated heterocycles. The molecule has 0 aromatic heterocycles. The van der Waals surface area contributed by atoms with Crippen LogP contribution in [0, 0.1) is 5.82 Å². The summed E-state index contributed by atoms with van der Waals surface area (Å²) in [5, 5.41) is 0. The number of aliphatic imine (C=N–C) groups is 1. The van der Waals surface area contributed by atoms with Crippen molar-refractivity contribution in [2.45, 2.75) is 44.8 Å². The summed E-state index contributed by atoms with van der Waals surface area (Å²) in [6, 6.07) is 5.97. The van der Waals surface area contributed by atoms with Crippen molar-refractivity contribution in [1.82, 2.24) is 4.90 Å². The van der Waals surface area contributed by atoms with Crippen molar-refractivity contribution in [3.8, 4) is 0 Å². The number of halogens is 1. The number of rotatable bonds is 1. The van der Waals surface area contributed by atoms with Gasteiger partial charge >= 0.3 is 6.09 Å². The Morgan fingerprint density at radius 1 is 1.20 bits per heavy atom. The fraction of sp³-hybridized carbons (Fsp3) is 0.500. The van der Waals surface area contributed by atoms with Crippen LogP contribution in [0.5, 0.6) is 0 Å². The number of anilines is 1. The molecule has 25 heavy (non-hydrogen) atoms. The summed E-state index contributed by atoms with van der Waals surface area (Å²) in [5.41, 5.74) is -0.656. The van der Waals surface area contributed by atoms with Gasteiger partial charge in [-0.15, -0.1) is 0 Å². The van der Waals surface area contributed by atoms with Crippen LogP contribution in [-0.2, 0) is 9.53 Å². The summed E-state index contributed by atoms with van der Waals surface area (Å²) < 4.78 is 18.6. The molecule has 2 amide bonds. The average molecular weight is 347 g/mol. The van der Waals surface area contributed by atoms with Gasteiger partial charge in [-0.05, 0) is 57.9 Å². The first-order chi connectivity index (χ1) is 11.7. The third-order valence-corrected chi connectivity index (χ3v) is 4.50. The minimum atomic E-state index is -0.809. The van der Waals surface area contributed by atoms with E-state index in [-0.39, 0.29) is 17.8 Å². The lowest BCUT2D eigenvalue weighted by Crippen LogP contribution is -2.57. The van der Waals surface area contributed by atoms with Gasteiger partial charge in [0.2, 0.25) is 0 Å². The molecule has 1 aromatic carbocycles. The molecule has 1 fully saturated rings. The molecule has 7 heteroatoms. The molecule has 0 aliphatic carbocycles. The molecule has 3 rings (SSSR count). The number of hydrogen-bond acceptors (Lipinski definition) is 4. The molecule has 0 atom stereocenters. The summed E-state index contributed by atoms with van der Waals surface area (Å²) in [7, 11) is 0. The highest BCUT2D eigenvalue weighted by molar-refractivity contribution is 6.08. The Kier molecular flexibility index (Phi) is 4.26. The summed E-state index contributed by atoms with van der Waals surface area (Å²) >= 11 is 0.